The maximum Gasteiger partial charge on any atom is 0.189 e. The van der Waals surface area contributed by atoms with Gasteiger partial charge < -0.3 is 10.7 Å². The first-order valence-corrected chi connectivity index (χ1v) is 6.11. The van der Waals surface area contributed by atoms with Crippen LogP contribution in [0, 0.1) is 0 Å². The predicted molar refractivity (Wildman–Crippen MR) is 65.0 cm³/mol. The molecule has 7 heteroatoms. The molecule has 3 aromatic rings. The van der Waals surface area contributed by atoms with Crippen molar-refractivity contribution >= 4 is 16.8 Å². The molecule has 3 aromatic heterocycles. The average molecular weight is 243 g/mol. The second kappa shape index (κ2) is 3.49. The minimum absolute atomic E-state index is 0.284. The van der Waals surface area contributed by atoms with Crippen molar-refractivity contribution in [2.24, 2.45) is 5.73 Å². The van der Waals surface area contributed by atoms with Crippen LogP contribution in [0.15, 0.2) is 12.7 Å². The summed E-state index contributed by atoms with van der Waals surface area (Å²) in [5.74, 6) is 1.35. The average Bonchev–Trinajstić information content (AvgIpc) is 3.03. The van der Waals surface area contributed by atoms with Crippen LogP contribution in [0.5, 0.6) is 0 Å². The molecule has 0 bridgehead atoms. The second-order valence-corrected chi connectivity index (χ2v) is 4.87. The third kappa shape index (κ3) is 1.28. The fourth-order valence-corrected chi connectivity index (χ4v) is 2.78. The van der Waals surface area contributed by atoms with Crippen molar-refractivity contribution < 1.29 is 0 Å². The number of aromatic nitrogens is 6. The normalized spacial score (nSPS) is 24.3. The van der Waals surface area contributed by atoms with Gasteiger partial charge in [0, 0.05) is 12.0 Å². The van der Waals surface area contributed by atoms with Crippen LogP contribution in [0.4, 0.5) is 0 Å². The Balaban J connectivity index is 1.91. The van der Waals surface area contributed by atoms with E-state index in [4.69, 9.17) is 5.73 Å². The molecule has 92 valence electrons. The lowest BCUT2D eigenvalue weighted by Crippen LogP contribution is -2.15. The van der Waals surface area contributed by atoms with Gasteiger partial charge in [-0.05, 0) is 19.3 Å². The SMILES string of the molecule is NC1CCC(c2nnc3c4[nH]cnc4ncn23)C1. The lowest BCUT2D eigenvalue weighted by molar-refractivity contribution is 0.635. The molecule has 1 aliphatic carbocycles. The van der Waals surface area contributed by atoms with Crippen LogP contribution in [-0.4, -0.2) is 35.6 Å². The second-order valence-electron chi connectivity index (χ2n) is 4.87. The summed E-state index contributed by atoms with van der Waals surface area (Å²) >= 11 is 0. The first-order chi connectivity index (χ1) is 8.83. The van der Waals surface area contributed by atoms with Crippen LogP contribution in [0.1, 0.15) is 31.0 Å². The van der Waals surface area contributed by atoms with E-state index in [1.807, 2.05) is 4.40 Å². The van der Waals surface area contributed by atoms with Crippen molar-refractivity contribution in [2.45, 2.75) is 31.2 Å². The predicted octanol–water partition coefficient (Wildman–Crippen LogP) is 0.595. The fourth-order valence-electron chi connectivity index (χ4n) is 2.78. The van der Waals surface area contributed by atoms with Crippen molar-refractivity contribution in [3.63, 3.8) is 0 Å². The smallest absolute Gasteiger partial charge is 0.189 e. The minimum Gasteiger partial charge on any atom is -0.340 e. The zero-order valence-electron chi connectivity index (χ0n) is 9.74. The molecule has 1 saturated carbocycles. The number of H-pyrrole nitrogens is 1. The van der Waals surface area contributed by atoms with E-state index in [1.54, 1.807) is 12.7 Å². The Morgan fingerprint density at radius 2 is 2.22 bits per heavy atom. The van der Waals surface area contributed by atoms with Gasteiger partial charge in [-0.2, -0.15) is 0 Å². The van der Waals surface area contributed by atoms with E-state index in [-0.39, 0.29) is 6.04 Å². The molecule has 1 fully saturated rings. The van der Waals surface area contributed by atoms with Gasteiger partial charge in [-0.25, -0.2) is 9.97 Å². The number of aromatic amines is 1. The Hall–Kier alpha value is -2.02. The monoisotopic (exact) mass is 243 g/mol. The molecule has 1 aliphatic rings. The number of hydrogen-bond donors (Lipinski definition) is 2. The highest BCUT2D eigenvalue weighted by molar-refractivity contribution is 5.84. The summed E-state index contributed by atoms with van der Waals surface area (Å²) in [4.78, 5) is 11.5. The Kier molecular flexibility index (Phi) is 1.93. The van der Waals surface area contributed by atoms with Gasteiger partial charge in [0.05, 0.1) is 6.33 Å². The molecule has 4 rings (SSSR count). The van der Waals surface area contributed by atoms with Crippen LogP contribution in [0.2, 0.25) is 0 Å². The van der Waals surface area contributed by atoms with Crippen LogP contribution in [0.25, 0.3) is 16.8 Å². The van der Waals surface area contributed by atoms with E-state index in [1.165, 1.54) is 0 Å². The van der Waals surface area contributed by atoms with Gasteiger partial charge in [-0.15, -0.1) is 10.2 Å². The molecule has 0 aromatic carbocycles. The van der Waals surface area contributed by atoms with E-state index in [0.717, 1.165) is 36.3 Å². The molecular formula is C11H13N7. The highest BCUT2D eigenvalue weighted by Gasteiger charge is 2.27. The van der Waals surface area contributed by atoms with Gasteiger partial charge in [-0.3, -0.25) is 4.40 Å². The summed E-state index contributed by atoms with van der Waals surface area (Å²) in [5, 5.41) is 8.56. The number of nitrogens with zero attached hydrogens (tertiary/aromatic N) is 5. The van der Waals surface area contributed by atoms with Gasteiger partial charge in [0.15, 0.2) is 11.3 Å². The standard InChI is InChI=1S/C11H13N7/c12-7-2-1-6(3-7)10-16-17-11-8-9(14-4-13-8)15-5-18(10)11/h4-7H,1-3,12H2,(H,13,14). The third-order valence-corrected chi connectivity index (χ3v) is 3.70. The number of nitrogens with two attached hydrogens (primary N) is 1. The molecule has 2 atom stereocenters. The van der Waals surface area contributed by atoms with Crippen molar-refractivity contribution in [3.8, 4) is 0 Å². The van der Waals surface area contributed by atoms with E-state index < -0.39 is 0 Å². The van der Waals surface area contributed by atoms with Crippen LogP contribution < -0.4 is 5.73 Å². The van der Waals surface area contributed by atoms with Crippen molar-refractivity contribution in [1.82, 2.24) is 29.5 Å². The molecule has 18 heavy (non-hydrogen) atoms. The molecule has 0 spiro atoms. The Bertz CT molecular complexity index is 712. The lowest BCUT2D eigenvalue weighted by atomic mass is 10.1. The quantitative estimate of drug-likeness (QED) is 0.652. The Morgan fingerprint density at radius 1 is 1.28 bits per heavy atom. The molecule has 0 aliphatic heterocycles. The number of hydrogen-bond acceptors (Lipinski definition) is 5. The molecule has 2 unspecified atom stereocenters. The summed E-state index contributed by atoms with van der Waals surface area (Å²) < 4.78 is 1.95. The summed E-state index contributed by atoms with van der Waals surface area (Å²) in [6, 6.07) is 0.284. The van der Waals surface area contributed by atoms with Crippen molar-refractivity contribution in [1.29, 1.82) is 0 Å². The summed E-state index contributed by atoms with van der Waals surface area (Å²) in [6.07, 6.45) is 6.47. The first-order valence-electron chi connectivity index (χ1n) is 6.11. The third-order valence-electron chi connectivity index (χ3n) is 3.70. The molecule has 0 radical (unpaired) electrons. The van der Waals surface area contributed by atoms with Gasteiger partial charge in [0.2, 0.25) is 0 Å². The largest absolute Gasteiger partial charge is 0.340 e. The maximum absolute atomic E-state index is 5.96. The number of nitrogens with one attached hydrogen (secondary N) is 1. The Labute approximate surface area is 102 Å². The molecule has 0 saturated heterocycles. The fraction of sp³-hybridized carbons (Fsp3) is 0.455. The molecule has 3 heterocycles. The number of rotatable bonds is 1. The summed E-state index contributed by atoms with van der Waals surface area (Å²) in [7, 11) is 0. The first kappa shape index (κ1) is 9.95. The minimum atomic E-state index is 0.284. The molecule has 3 N–H and O–H groups in total. The van der Waals surface area contributed by atoms with E-state index >= 15 is 0 Å². The van der Waals surface area contributed by atoms with Gasteiger partial charge in [-0.1, -0.05) is 0 Å². The molecule has 7 nitrogen and oxygen atoms in total. The number of fused-ring (bicyclic) bond motifs is 3. The van der Waals surface area contributed by atoms with Gasteiger partial charge in [0.25, 0.3) is 0 Å². The van der Waals surface area contributed by atoms with Crippen molar-refractivity contribution in [2.75, 3.05) is 0 Å². The summed E-state index contributed by atoms with van der Waals surface area (Å²) in [6.45, 7) is 0. The van der Waals surface area contributed by atoms with E-state index in [0.29, 0.717) is 11.6 Å². The van der Waals surface area contributed by atoms with Crippen LogP contribution >= 0.6 is 0 Å². The molecule has 0 amide bonds. The zero-order chi connectivity index (χ0) is 12.1. The highest BCUT2D eigenvalue weighted by atomic mass is 15.3. The lowest BCUT2D eigenvalue weighted by Gasteiger charge is -2.06. The van der Waals surface area contributed by atoms with Crippen molar-refractivity contribution in [3.05, 3.63) is 18.5 Å². The van der Waals surface area contributed by atoms with E-state index in [9.17, 15) is 0 Å². The number of imidazole rings is 1. The zero-order valence-corrected chi connectivity index (χ0v) is 9.74. The summed E-state index contributed by atoms with van der Waals surface area (Å²) in [5.41, 5.74) is 8.25. The Morgan fingerprint density at radius 3 is 3.06 bits per heavy atom. The topological polar surface area (TPSA) is 97.8 Å². The maximum atomic E-state index is 5.96. The molecular weight excluding hydrogens is 230 g/mol. The van der Waals surface area contributed by atoms with Gasteiger partial charge >= 0.3 is 0 Å². The van der Waals surface area contributed by atoms with E-state index in [2.05, 4.69) is 25.1 Å². The van der Waals surface area contributed by atoms with Crippen LogP contribution in [0.3, 0.4) is 0 Å². The van der Waals surface area contributed by atoms with Gasteiger partial charge in [0.1, 0.15) is 17.7 Å². The van der Waals surface area contributed by atoms with Crippen LogP contribution in [-0.2, 0) is 0 Å². The highest BCUT2D eigenvalue weighted by Crippen LogP contribution is 2.32.